The predicted octanol–water partition coefficient (Wildman–Crippen LogP) is 0.872. The van der Waals surface area contributed by atoms with Gasteiger partial charge in [0.2, 0.25) is 0 Å². The van der Waals surface area contributed by atoms with E-state index in [-0.39, 0.29) is 31.2 Å². The van der Waals surface area contributed by atoms with Gasteiger partial charge in [0.15, 0.2) is 0 Å². The smallest absolute Gasteiger partial charge is 0.466 e. The average molecular weight is 433 g/mol. The molecule has 0 aromatic heterocycles. The second-order valence-electron chi connectivity index (χ2n) is 8.35. The predicted molar refractivity (Wildman–Crippen MR) is 112 cm³/mol. The van der Waals surface area contributed by atoms with Crippen molar-refractivity contribution >= 4 is 30.2 Å². The summed E-state index contributed by atoms with van der Waals surface area (Å²) in [5.74, 6) is -1.40. The first kappa shape index (κ1) is 23.3. The molecule has 1 saturated heterocycles. The molecule has 2 aliphatic heterocycles. The Bertz CT molecular complexity index is 895. The molecule has 1 aromatic carbocycles. The monoisotopic (exact) mass is 433 g/mol. The third-order valence-electron chi connectivity index (χ3n) is 5.92. The van der Waals surface area contributed by atoms with E-state index in [1.165, 1.54) is 19.1 Å². The lowest BCUT2D eigenvalue weighted by atomic mass is 9.78. The molecule has 3 rings (SSSR count). The van der Waals surface area contributed by atoms with Crippen molar-refractivity contribution < 1.29 is 38.2 Å². The summed E-state index contributed by atoms with van der Waals surface area (Å²) in [6.07, 6.45) is 0. The largest absolute Gasteiger partial charge is 0.494 e. The number of carbonyl (C=O) groups is 2. The van der Waals surface area contributed by atoms with Crippen molar-refractivity contribution in [2.75, 3.05) is 32.5 Å². The zero-order valence-electron chi connectivity index (χ0n) is 18.7. The fourth-order valence-corrected chi connectivity index (χ4v) is 3.45. The molecule has 1 aromatic rings. The first-order valence-electron chi connectivity index (χ1n) is 9.90. The molecule has 0 atom stereocenters. The fraction of sp³-hybridized carbons (Fsp3) is 0.524. The van der Waals surface area contributed by atoms with E-state index in [9.17, 15) is 14.7 Å². The molecule has 10 heteroatoms. The van der Waals surface area contributed by atoms with Crippen molar-refractivity contribution in [3.63, 3.8) is 0 Å². The van der Waals surface area contributed by atoms with Crippen LogP contribution in [-0.4, -0.2) is 62.9 Å². The standard InChI is InChI=1S/C21H28BNO8/c1-20(2)21(3,4)31-22(30-20)14-7-8-16(13(9-14)10-24)23-12-29-11-15(18(25)27-5)17(23)19(26)28-6/h7-9,24H,10-12H2,1-6H3. The van der Waals surface area contributed by atoms with Crippen molar-refractivity contribution in [2.45, 2.75) is 45.5 Å². The van der Waals surface area contributed by atoms with Crippen LogP contribution >= 0.6 is 0 Å². The SMILES string of the molecule is COC(=O)C1=C(C(=O)OC)N(c2ccc(B3OC(C)(C)C(C)(C)O3)cc2CO)COC1. The molecule has 0 spiro atoms. The highest BCUT2D eigenvalue weighted by atomic mass is 16.7. The van der Waals surface area contributed by atoms with Gasteiger partial charge in [0, 0.05) is 11.3 Å². The summed E-state index contributed by atoms with van der Waals surface area (Å²) in [7, 11) is 1.84. The average Bonchev–Trinajstić information content (AvgIpc) is 2.98. The second-order valence-corrected chi connectivity index (χ2v) is 8.35. The molecule has 0 aliphatic carbocycles. The van der Waals surface area contributed by atoms with Gasteiger partial charge < -0.3 is 33.5 Å². The van der Waals surface area contributed by atoms with Crippen LogP contribution in [0.4, 0.5) is 5.69 Å². The number of rotatable bonds is 5. The van der Waals surface area contributed by atoms with E-state index in [1.54, 1.807) is 18.2 Å². The second kappa shape index (κ2) is 8.62. The minimum atomic E-state index is -0.706. The number of anilines is 1. The Kier molecular flexibility index (Phi) is 6.47. The summed E-state index contributed by atoms with van der Waals surface area (Å²) in [5, 5.41) is 10.1. The Hall–Kier alpha value is -2.40. The Labute approximate surface area is 182 Å². The highest BCUT2D eigenvalue weighted by molar-refractivity contribution is 6.62. The lowest BCUT2D eigenvalue weighted by molar-refractivity contribution is -0.140. The summed E-state index contributed by atoms with van der Waals surface area (Å²) in [4.78, 5) is 26.2. The number of benzene rings is 1. The summed E-state index contributed by atoms with van der Waals surface area (Å²) in [5.41, 5.74) is 0.756. The zero-order valence-corrected chi connectivity index (χ0v) is 18.7. The number of carbonyl (C=O) groups excluding carboxylic acids is 2. The van der Waals surface area contributed by atoms with Crippen molar-refractivity contribution in [1.82, 2.24) is 0 Å². The number of hydrogen-bond donors (Lipinski definition) is 1. The maximum atomic E-state index is 12.5. The van der Waals surface area contributed by atoms with Gasteiger partial charge >= 0.3 is 19.1 Å². The van der Waals surface area contributed by atoms with Gasteiger partial charge in [0.25, 0.3) is 0 Å². The van der Waals surface area contributed by atoms with Crippen molar-refractivity contribution in [3.05, 3.63) is 35.0 Å². The summed E-state index contributed by atoms with van der Waals surface area (Å²) in [6, 6.07) is 5.26. The molecule has 0 unspecified atom stereocenters. The Balaban J connectivity index is 2.03. The van der Waals surface area contributed by atoms with Crippen LogP contribution in [0.3, 0.4) is 0 Å². The molecule has 0 bridgehead atoms. The quantitative estimate of drug-likeness (QED) is 0.535. The highest BCUT2D eigenvalue weighted by Crippen LogP contribution is 2.37. The molecule has 0 radical (unpaired) electrons. The van der Waals surface area contributed by atoms with E-state index in [2.05, 4.69) is 0 Å². The van der Waals surface area contributed by atoms with Crippen LogP contribution in [0.15, 0.2) is 29.5 Å². The molecule has 168 valence electrons. The topological polar surface area (TPSA) is 104 Å². The summed E-state index contributed by atoms with van der Waals surface area (Å²) >= 11 is 0. The van der Waals surface area contributed by atoms with Crippen molar-refractivity contribution in [1.29, 1.82) is 0 Å². The number of aliphatic hydroxyl groups is 1. The number of hydrogen-bond acceptors (Lipinski definition) is 9. The molecule has 2 aliphatic rings. The maximum Gasteiger partial charge on any atom is 0.494 e. The third kappa shape index (κ3) is 4.20. The first-order valence-corrected chi connectivity index (χ1v) is 9.90. The number of ether oxygens (including phenoxy) is 3. The van der Waals surface area contributed by atoms with Crippen LogP contribution in [-0.2, 0) is 39.7 Å². The van der Waals surface area contributed by atoms with E-state index >= 15 is 0 Å². The highest BCUT2D eigenvalue weighted by Gasteiger charge is 2.51. The van der Waals surface area contributed by atoms with Crippen molar-refractivity contribution in [2.24, 2.45) is 0 Å². The van der Waals surface area contributed by atoms with Crippen molar-refractivity contribution in [3.8, 4) is 0 Å². The number of nitrogens with zero attached hydrogens (tertiary/aromatic N) is 1. The Morgan fingerprint density at radius 2 is 1.71 bits per heavy atom. The van der Waals surface area contributed by atoms with E-state index < -0.39 is 30.3 Å². The van der Waals surface area contributed by atoms with E-state index in [4.69, 9.17) is 23.5 Å². The van der Waals surface area contributed by atoms with Gasteiger partial charge in [0.1, 0.15) is 12.4 Å². The van der Waals surface area contributed by atoms with Crippen LogP contribution in [0, 0.1) is 0 Å². The third-order valence-corrected chi connectivity index (χ3v) is 5.92. The van der Waals surface area contributed by atoms with Crippen LogP contribution in [0.2, 0.25) is 0 Å². The van der Waals surface area contributed by atoms with Gasteiger partial charge in [-0.3, -0.25) is 0 Å². The van der Waals surface area contributed by atoms with E-state index in [1.807, 2.05) is 27.7 Å². The van der Waals surface area contributed by atoms with Crippen LogP contribution in [0.25, 0.3) is 0 Å². The maximum absolute atomic E-state index is 12.5. The fourth-order valence-electron chi connectivity index (χ4n) is 3.45. The normalized spacial score (nSPS) is 20.1. The molecule has 9 nitrogen and oxygen atoms in total. The molecular weight excluding hydrogens is 405 g/mol. The molecule has 2 heterocycles. The Morgan fingerprint density at radius 1 is 1.10 bits per heavy atom. The molecule has 0 amide bonds. The van der Waals surface area contributed by atoms with Crippen LogP contribution in [0.1, 0.15) is 33.3 Å². The molecule has 1 N–H and O–H groups in total. The van der Waals surface area contributed by atoms with Gasteiger partial charge in [-0.05, 0) is 39.2 Å². The molecule has 31 heavy (non-hydrogen) atoms. The molecular formula is C21H28BNO8. The zero-order chi connectivity index (χ0) is 23.0. The number of aliphatic hydroxyl groups excluding tert-OH is 1. The van der Waals surface area contributed by atoms with E-state index in [0.717, 1.165) is 5.46 Å². The van der Waals surface area contributed by atoms with Gasteiger partial charge in [-0.25, -0.2) is 9.59 Å². The minimum absolute atomic E-state index is 0.00619. The van der Waals surface area contributed by atoms with E-state index in [0.29, 0.717) is 11.3 Å². The lowest BCUT2D eigenvalue weighted by Gasteiger charge is -2.32. The number of esters is 2. The summed E-state index contributed by atoms with van der Waals surface area (Å²) < 4.78 is 27.4. The summed E-state index contributed by atoms with van der Waals surface area (Å²) in [6.45, 7) is 7.42. The van der Waals surface area contributed by atoms with Gasteiger partial charge in [-0.2, -0.15) is 0 Å². The first-order chi connectivity index (χ1) is 14.6. The Morgan fingerprint density at radius 3 is 2.26 bits per heavy atom. The molecule has 1 fully saturated rings. The van der Waals surface area contributed by atoms with Crippen LogP contribution in [0.5, 0.6) is 0 Å². The van der Waals surface area contributed by atoms with Gasteiger partial charge in [-0.1, -0.05) is 12.1 Å². The minimum Gasteiger partial charge on any atom is -0.466 e. The van der Waals surface area contributed by atoms with Crippen LogP contribution < -0.4 is 10.4 Å². The van der Waals surface area contributed by atoms with Gasteiger partial charge in [-0.15, -0.1) is 0 Å². The number of methoxy groups -OCH3 is 2. The lowest BCUT2D eigenvalue weighted by Crippen LogP contribution is -2.41. The molecule has 0 saturated carbocycles. The van der Waals surface area contributed by atoms with Gasteiger partial charge in [0.05, 0.1) is 44.2 Å².